The highest BCUT2D eigenvalue weighted by molar-refractivity contribution is 5.95. The summed E-state index contributed by atoms with van der Waals surface area (Å²) in [4.78, 5) is 22.5. The molecular formula is C15H15N3O3. The fraction of sp³-hybridized carbons (Fsp3) is 0.133. The Balaban J connectivity index is 2.02. The number of nitrogens with one attached hydrogen (secondary N) is 1. The van der Waals surface area contributed by atoms with E-state index >= 15 is 0 Å². The van der Waals surface area contributed by atoms with Gasteiger partial charge in [-0.1, -0.05) is 12.1 Å². The van der Waals surface area contributed by atoms with Crippen LogP contribution in [-0.4, -0.2) is 26.8 Å². The first kappa shape index (κ1) is 14.5. The van der Waals surface area contributed by atoms with Gasteiger partial charge in [-0.05, 0) is 23.8 Å². The Bertz CT molecular complexity index is 689. The molecule has 0 bridgehead atoms. The molecule has 0 saturated heterocycles. The summed E-state index contributed by atoms with van der Waals surface area (Å²) in [6, 6.07) is 6.76. The number of hydrogen-bond acceptors (Lipinski definition) is 3. The van der Waals surface area contributed by atoms with E-state index in [4.69, 9.17) is 5.11 Å². The molecule has 2 aromatic rings. The second-order valence-corrected chi connectivity index (χ2v) is 4.50. The molecule has 0 fully saturated rings. The Hall–Kier alpha value is -2.89. The van der Waals surface area contributed by atoms with Crippen molar-refractivity contribution in [3.05, 3.63) is 59.4 Å². The highest BCUT2D eigenvalue weighted by atomic mass is 16.4. The van der Waals surface area contributed by atoms with Crippen LogP contribution >= 0.6 is 0 Å². The van der Waals surface area contributed by atoms with E-state index in [0.717, 1.165) is 11.6 Å². The molecule has 0 atom stereocenters. The Morgan fingerprint density at radius 2 is 2.24 bits per heavy atom. The highest BCUT2D eigenvalue weighted by Gasteiger charge is 2.06. The van der Waals surface area contributed by atoms with Gasteiger partial charge in [0.25, 0.3) is 5.91 Å². The Kier molecular flexibility index (Phi) is 4.50. The zero-order chi connectivity index (χ0) is 15.2. The third kappa shape index (κ3) is 4.31. The van der Waals surface area contributed by atoms with Gasteiger partial charge in [0.05, 0.1) is 6.20 Å². The van der Waals surface area contributed by atoms with Crippen LogP contribution < -0.4 is 5.32 Å². The predicted octanol–water partition coefficient (Wildman–Crippen LogP) is 1.45. The number of benzene rings is 1. The van der Waals surface area contributed by atoms with Gasteiger partial charge in [-0.25, -0.2) is 4.79 Å². The Morgan fingerprint density at radius 1 is 1.43 bits per heavy atom. The quantitative estimate of drug-likeness (QED) is 0.814. The average molecular weight is 285 g/mol. The summed E-state index contributed by atoms with van der Waals surface area (Å²) in [5, 5.41) is 15.4. The van der Waals surface area contributed by atoms with Crippen LogP contribution in [0.2, 0.25) is 0 Å². The van der Waals surface area contributed by atoms with Crippen molar-refractivity contribution in [3.63, 3.8) is 0 Å². The fourth-order valence-electron chi connectivity index (χ4n) is 1.80. The predicted molar refractivity (Wildman–Crippen MR) is 77.5 cm³/mol. The molecule has 0 saturated carbocycles. The van der Waals surface area contributed by atoms with Gasteiger partial charge in [-0.3, -0.25) is 9.48 Å². The molecular weight excluding hydrogens is 270 g/mol. The molecule has 2 rings (SSSR count). The van der Waals surface area contributed by atoms with Crippen molar-refractivity contribution >= 4 is 18.0 Å². The zero-order valence-corrected chi connectivity index (χ0v) is 11.5. The lowest BCUT2D eigenvalue weighted by atomic mass is 10.1. The molecule has 0 radical (unpaired) electrons. The molecule has 21 heavy (non-hydrogen) atoms. The monoisotopic (exact) mass is 285 g/mol. The van der Waals surface area contributed by atoms with E-state index in [1.54, 1.807) is 35.1 Å². The summed E-state index contributed by atoms with van der Waals surface area (Å²) >= 11 is 0. The minimum absolute atomic E-state index is 0.218. The first-order valence-corrected chi connectivity index (χ1v) is 6.31. The van der Waals surface area contributed by atoms with Crippen molar-refractivity contribution in [1.82, 2.24) is 15.1 Å². The van der Waals surface area contributed by atoms with Crippen LogP contribution in [0.1, 0.15) is 21.5 Å². The van der Waals surface area contributed by atoms with Gasteiger partial charge in [0.2, 0.25) is 0 Å². The third-order valence-corrected chi connectivity index (χ3v) is 2.78. The highest BCUT2D eigenvalue weighted by Crippen LogP contribution is 2.07. The first-order valence-electron chi connectivity index (χ1n) is 6.31. The summed E-state index contributed by atoms with van der Waals surface area (Å²) in [5.41, 5.74) is 2.05. The van der Waals surface area contributed by atoms with Crippen LogP contribution in [0.25, 0.3) is 6.08 Å². The lowest BCUT2D eigenvalue weighted by Crippen LogP contribution is -2.22. The summed E-state index contributed by atoms with van der Waals surface area (Å²) in [7, 11) is 1.81. The molecule has 2 N–H and O–H groups in total. The summed E-state index contributed by atoms with van der Waals surface area (Å²) in [5.74, 6) is -1.24. The molecule has 0 aliphatic carbocycles. The topological polar surface area (TPSA) is 84.2 Å². The third-order valence-electron chi connectivity index (χ3n) is 2.78. The van der Waals surface area contributed by atoms with Crippen molar-refractivity contribution in [3.8, 4) is 0 Å². The van der Waals surface area contributed by atoms with Crippen molar-refractivity contribution in [1.29, 1.82) is 0 Å². The van der Waals surface area contributed by atoms with Crippen molar-refractivity contribution < 1.29 is 14.7 Å². The number of aryl methyl sites for hydroxylation is 1. The Labute approximate surface area is 121 Å². The van der Waals surface area contributed by atoms with Gasteiger partial charge in [-0.2, -0.15) is 5.10 Å². The maximum Gasteiger partial charge on any atom is 0.328 e. The fourth-order valence-corrected chi connectivity index (χ4v) is 1.80. The number of rotatable bonds is 5. The normalized spacial score (nSPS) is 10.7. The number of carboxylic acid groups (broad SMARTS) is 1. The number of hydrogen-bond donors (Lipinski definition) is 2. The van der Waals surface area contributed by atoms with Crippen LogP contribution in [0.3, 0.4) is 0 Å². The number of amides is 1. The van der Waals surface area contributed by atoms with Gasteiger partial charge in [-0.15, -0.1) is 0 Å². The maximum absolute atomic E-state index is 12.0. The van der Waals surface area contributed by atoms with E-state index in [2.05, 4.69) is 10.4 Å². The molecule has 1 heterocycles. The van der Waals surface area contributed by atoms with Crippen molar-refractivity contribution in [2.75, 3.05) is 0 Å². The molecule has 0 aliphatic rings. The van der Waals surface area contributed by atoms with Gasteiger partial charge < -0.3 is 10.4 Å². The van der Waals surface area contributed by atoms with Crippen LogP contribution in [-0.2, 0) is 18.4 Å². The lowest BCUT2D eigenvalue weighted by molar-refractivity contribution is -0.131. The van der Waals surface area contributed by atoms with Crippen LogP contribution in [0, 0.1) is 0 Å². The second kappa shape index (κ2) is 6.51. The molecule has 0 unspecified atom stereocenters. The molecule has 1 amide bonds. The summed E-state index contributed by atoms with van der Waals surface area (Å²) in [6.07, 6.45) is 5.99. The number of nitrogens with zero attached hydrogens (tertiary/aromatic N) is 2. The number of carbonyl (C=O) groups excluding carboxylic acids is 1. The van der Waals surface area contributed by atoms with E-state index in [9.17, 15) is 9.59 Å². The smallest absolute Gasteiger partial charge is 0.328 e. The van der Waals surface area contributed by atoms with Crippen molar-refractivity contribution in [2.45, 2.75) is 6.54 Å². The zero-order valence-electron chi connectivity index (χ0n) is 11.5. The van der Waals surface area contributed by atoms with Gasteiger partial charge >= 0.3 is 5.97 Å². The lowest BCUT2D eigenvalue weighted by Gasteiger charge is -2.04. The standard InChI is InChI=1S/C15H15N3O3/c1-18-10-12(9-17-18)8-16-15(21)13-4-2-3-11(7-13)5-6-14(19)20/h2-7,9-10H,8H2,1H3,(H,16,21)(H,19,20). The SMILES string of the molecule is Cn1cc(CNC(=O)c2cccc(C=CC(=O)O)c2)cn1. The number of carbonyl (C=O) groups is 2. The van der Waals surface area contributed by atoms with E-state index in [-0.39, 0.29) is 5.91 Å². The number of carboxylic acids is 1. The molecule has 0 spiro atoms. The van der Waals surface area contributed by atoms with E-state index in [1.165, 1.54) is 6.08 Å². The van der Waals surface area contributed by atoms with Crippen molar-refractivity contribution in [2.24, 2.45) is 7.05 Å². The maximum atomic E-state index is 12.0. The minimum Gasteiger partial charge on any atom is -0.478 e. The van der Waals surface area contributed by atoms with E-state index < -0.39 is 5.97 Å². The van der Waals surface area contributed by atoms with Gasteiger partial charge in [0.15, 0.2) is 0 Å². The van der Waals surface area contributed by atoms with Crippen LogP contribution in [0.15, 0.2) is 42.7 Å². The molecule has 108 valence electrons. The molecule has 6 heteroatoms. The largest absolute Gasteiger partial charge is 0.478 e. The second-order valence-electron chi connectivity index (χ2n) is 4.50. The minimum atomic E-state index is -1.03. The average Bonchev–Trinajstić information content (AvgIpc) is 2.88. The molecule has 6 nitrogen and oxygen atoms in total. The van der Waals surface area contributed by atoms with Crippen LogP contribution in [0.4, 0.5) is 0 Å². The molecule has 1 aromatic carbocycles. The van der Waals surface area contributed by atoms with Gasteiger partial charge in [0, 0.05) is 37.0 Å². The number of aromatic nitrogens is 2. The number of aliphatic carboxylic acids is 1. The van der Waals surface area contributed by atoms with Gasteiger partial charge in [0.1, 0.15) is 0 Å². The molecule has 1 aromatic heterocycles. The molecule has 0 aliphatic heterocycles. The summed E-state index contributed by atoms with van der Waals surface area (Å²) in [6.45, 7) is 0.391. The Morgan fingerprint density at radius 3 is 2.90 bits per heavy atom. The van der Waals surface area contributed by atoms with E-state index in [0.29, 0.717) is 17.7 Å². The van der Waals surface area contributed by atoms with E-state index in [1.807, 2.05) is 13.2 Å². The summed E-state index contributed by atoms with van der Waals surface area (Å²) < 4.78 is 1.67. The first-order chi connectivity index (χ1) is 10.0. The van der Waals surface area contributed by atoms with Crippen LogP contribution in [0.5, 0.6) is 0 Å².